The van der Waals surface area contributed by atoms with Gasteiger partial charge < -0.3 is 10.6 Å². The number of guanidine groups is 1. The zero-order chi connectivity index (χ0) is 17.1. The molecule has 1 aliphatic heterocycles. The maximum absolute atomic E-state index is 4.45. The monoisotopic (exact) mass is 468 g/mol. The molecule has 4 rings (SSSR count). The molecule has 0 spiro atoms. The van der Waals surface area contributed by atoms with E-state index < -0.39 is 0 Å². The molecular formula is C21H33IN4. The Balaban J connectivity index is 0.00000196. The third-order valence-corrected chi connectivity index (χ3v) is 6.31. The van der Waals surface area contributed by atoms with Gasteiger partial charge in [-0.15, -0.1) is 24.0 Å². The molecule has 4 nitrogen and oxygen atoms in total. The first-order chi connectivity index (χ1) is 12.3. The van der Waals surface area contributed by atoms with Gasteiger partial charge in [0.1, 0.15) is 0 Å². The van der Waals surface area contributed by atoms with Crippen molar-refractivity contribution in [3.8, 4) is 0 Å². The first-order valence-corrected chi connectivity index (χ1v) is 10.1. The van der Waals surface area contributed by atoms with Gasteiger partial charge in [0.25, 0.3) is 0 Å². The summed E-state index contributed by atoms with van der Waals surface area (Å²) in [6.07, 6.45) is 8.20. The highest BCUT2D eigenvalue weighted by atomic mass is 127. The van der Waals surface area contributed by atoms with Crippen molar-refractivity contribution in [3.05, 3.63) is 35.9 Å². The third kappa shape index (κ3) is 4.91. The maximum atomic E-state index is 4.45. The Morgan fingerprint density at radius 3 is 2.65 bits per heavy atom. The highest BCUT2D eigenvalue weighted by Crippen LogP contribution is 2.46. The third-order valence-electron chi connectivity index (χ3n) is 6.31. The van der Waals surface area contributed by atoms with Crippen LogP contribution in [-0.2, 0) is 0 Å². The van der Waals surface area contributed by atoms with Gasteiger partial charge in [-0.2, -0.15) is 0 Å². The van der Waals surface area contributed by atoms with Gasteiger partial charge in [0.2, 0.25) is 0 Å². The van der Waals surface area contributed by atoms with Crippen molar-refractivity contribution >= 4 is 29.9 Å². The van der Waals surface area contributed by atoms with E-state index in [1.165, 1.54) is 57.2 Å². The van der Waals surface area contributed by atoms with Crippen molar-refractivity contribution in [2.75, 3.05) is 26.7 Å². The van der Waals surface area contributed by atoms with Crippen LogP contribution in [0.2, 0.25) is 0 Å². The minimum absolute atomic E-state index is 0. The van der Waals surface area contributed by atoms with E-state index in [-0.39, 0.29) is 24.0 Å². The number of rotatable bonds is 5. The van der Waals surface area contributed by atoms with Crippen molar-refractivity contribution in [2.45, 2.75) is 56.5 Å². The molecule has 0 aromatic heterocycles. The lowest BCUT2D eigenvalue weighted by atomic mass is 10.1. The van der Waals surface area contributed by atoms with E-state index in [1.807, 2.05) is 7.05 Å². The molecule has 5 heteroatoms. The van der Waals surface area contributed by atoms with Crippen LogP contribution in [0, 0.1) is 5.92 Å². The van der Waals surface area contributed by atoms with Crippen molar-refractivity contribution in [1.29, 1.82) is 0 Å². The molecule has 3 atom stereocenters. The maximum Gasteiger partial charge on any atom is 0.191 e. The largest absolute Gasteiger partial charge is 0.356 e. The smallest absolute Gasteiger partial charge is 0.191 e. The Morgan fingerprint density at radius 2 is 1.92 bits per heavy atom. The zero-order valence-electron chi connectivity index (χ0n) is 15.9. The highest BCUT2D eigenvalue weighted by Gasteiger charge is 2.38. The average Bonchev–Trinajstić information content (AvgIpc) is 3.01. The van der Waals surface area contributed by atoms with E-state index >= 15 is 0 Å². The SMILES string of the molecule is CN=C(NCC1CC1c1ccccc1)NC1CCN(C2CCCC2)C1.I. The molecule has 2 N–H and O–H groups in total. The van der Waals surface area contributed by atoms with Crippen molar-refractivity contribution in [3.63, 3.8) is 0 Å². The van der Waals surface area contributed by atoms with Crippen LogP contribution in [0.1, 0.15) is 50.0 Å². The van der Waals surface area contributed by atoms with E-state index in [4.69, 9.17) is 0 Å². The molecule has 0 radical (unpaired) electrons. The Labute approximate surface area is 175 Å². The van der Waals surface area contributed by atoms with E-state index in [2.05, 4.69) is 50.9 Å². The van der Waals surface area contributed by atoms with Crippen LogP contribution in [0.3, 0.4) is 0 Å². The van der Waals surface area contributed by atoms with Crippen molar-refractivity contribution in [1.82, 2.24) is 15.5 Å². The van der Waals surface area contributed by atoms with Crippen LogP contribution in [0.4, 0.5) is 0 Å². The quantitative estimate of drug-likeness (QED) is 0.394. The summed E-state index contributed by atoms with van der Waals surface area (Å²) in [5, 5.41) is 7.22. The molecule has 3 unspecified atom stereocenters. The molecule has 2 aliphatic carbocycles. The normalized spacial score (nSPS) is 29.4. The predicted molar refractivity (Wildman–Crippen MR) is 119 cm³/mol. The number of hydrogen-bond acceptors (Lipinski definition) is 2. The first kappa shape index (κ1) is 19.9. The van der Waals surface area contributed by atoms with Crippen LogP contribution < -0.4 is 10.6 Å². The van der Waals surface area contributed by atoms with Gasteiger partial charge in [0, 0.05) is 38.8 Å². The Morgan fingerprint density at radius 1 is 1.15 bits per heavy atom. The molecule has 3 fully saturated rings. The number of benzene rings is 1. The summed E-state index contributed by atoms with van der Waals surface area (Å²) in [6.45, 7) is 3.46. The number of nitrogens with zero attached hydrogens (tertiary/aromatic N) is 2. The summed E-state index contributed by atoms with van der Waals surface area (Å²) in [5.41, 5.74) is 1.49. The average molecular weight is 468 g/mol. The number of likely N-dealkylation sites (tertiary alicyclic amines) is 1. The standard InChI is InChI=1S/C21H32N4.HI/c1-22-21(23-14-17-13-20(17)16-7-3-2-4-8-16)24-18-11-12-25(15-18)19-9-5-6-10-19;/h2-4,7-8,17-20H,5-6,9-15H2,1H3,(H2,22,23,24);1H. The summed E-state index contributed by atoms with van der Waals surface area (Å²) in [5.74, 6) is 2.47. The lowest BCUT2D eigenvalue weighted by molar-refractivity contribution is 0.242. The van der Waals surface area contributed by atoms with Gasteiger partial charge in [0.15, 0.2) is 5.96 Å². The van der Waals surface area contributed by atoms with Crippen molar-refractivity contribution < 1.29 is 0 Å². The molecule has 1 saturated heterocycles. The number of nitrogens with one attached hydrogen (secondary N) is 2. The van der Waals surface area contributed by atoms with Crippen LogP contribution >= 0.6 is 24.0 Å². The molecule has 144 valence electrons. The van der Waals surface area contributed by atoms with Crippen LogP contribution in [-0.4, -0.2) is 49.6 Å². The van der Waals surface area contributed by atoms with Crippen molar-refractivity contribution in [2.24, 2.45) is 10.9 Å². The van der Waals surface area contributed by atoms with Gasteiger partial charge in [-0.25, -0.2) is 0 Å². The second-order valence-electron chi connectivity index (χ2n) is 8.03. The molecule has 2 saturated carbocycles. The minimum atomic E-state index is 0. The second-order valence-corrected chi connectivity index (χ2v) is 8.03. The Kier molecular flexibility index (Phi) is 7.20. The molecule has 1 aromatic carbocycles. The predicted octanol–water partition coefficient (Wildman–Crippen LogP) is 3.59. The fourth-order valence-corrected chi connectivity index (χ4v) is 4.70. The van der Waals surface area contributed by atoms with Crippen LogP contribution in [0.25, 0.3) is 0 Å². The molecule has 1 aromatic rings. The molecule has 0 amide bonds. The van der Waals surface area contributed by atoms with E-state index in [1.54, 1.807) is 0 Å². The van der Waals surface area contributed by atoms with E-state index in [0.29, 0.717) is 6.04 Å². The number of aliphatic imine (C=N–C) groups is 1. The van der Waals surface area contributed by atoms with Gasteiger partial charge in [-0.1, -0.05) is 43.2 Å². The summed E-state index contributed by atoms with van der Waals surface area (Å²) in [6, 6.07) is 12.3. The molecule has 0 bridgehead atoms. The fraction of sp³-hybridized carbons (Fsp3) is 0.667. The van der Waals surface area contributed by atoms with Crippen LogP contribution in [0.15, 0.2) is 35.3 Å². The molecule has 1 heterocycles. The van der Waals surface area contributed by atoms with Crippen LogP contribution in [0.5, 0.6) is 0 Å². The summed E-state index contributed by atoms with van der Waals surface area (Å²) < 4.78 is 0. The van der Waals surface area contributed by atoms with Gasteiger partial charge in [0.05, 0.1) is 0 Å². The number of halogens is 1. The summed E-state index contributed by atoms with van der Waals surface area (Å²) in [4.78, 5) is 7.15. The molecular weight excluding hydrogens is 435 g/mol. The Bertz CT molecular complexity index is 585. The summed E-state index contributed by atoms with van der Waals surface area (Å²) >= 11 is 0. The van der Waals surface area contributed by atoms with Gasteiger partial charge in [-0.05, 0) is 43.1 Å². The van der Waals surface area contributed by atoms with E-state index in [0.717, 1.165) is 30.4 Å². The second kappa shape index (κ2) is 9.40. The van der Waals surface area contributed by atoms with E-state index in [9.17, 15) is 0 Å². The van der Waals surface area contributed by atoms with Gasteiger partial charge >= 0.3 is 0 Å². The topological polar surface area (TPSA) is 39.7 Å². The first-order valence-electron chi connectivity index (χ1n) is 10.1. The Hall–Kier alpha value is -0.820. The fourth-order valence-electron chi connectivity index (χ4n) is 4.70. The minimum Gasteiger partial charge on any atom is -0.356 e. The van der Waals surface area contributed by atoms with Gasteiger partial charge in [-0.3, -0.25) is 9.89 Å². The lowest BCUT2D eigenvalue weighted by Gasteiger charge is -2.24. The summed E-state index contributed by atoms with van der Waals surface area (Å²) in [7, 11) is 1.89. The molecule has 3 aliphatic rings. The zero-order valence-corrected chi connectivity index (χ0v) is 18.2. The highest BCUT2D eigenvalue weighted by molar-refractivity contribution is 14.0. The lowest BCUT2D eigenvalue weighted by Crippen LogP contribution is -2.45. The molecule has 26 heavy (non-hydrogen) atoms. The number of hydrogen-bond donors (Lipinski definition) is 2.